The number of nitrogens with one attached hydrogen (secondary N) is 1. The number of rotatable bonds is 3. The predicted molar refractivity (Wildman–Crippen MR) is 63.0 cm³/mol. The molecule has 0 radical (unpaired) electrons. The molecule has 0 aromatic rings. The average Bonchev–Trinajstić information content (AvgIpc) is 2.39. The Hall–Kier alpha value is -0.290. The molecule has 0 bridgehead atoms. The molecule has 17 heavy (non-hydrogen) atoms. The third kappa shape index (κ3) is 4.84. The Labute approximate surface area is 102 Å². The lowest BCUT2D eigenvalue weighted by molar-refractivity contribution is -0.150. The van der Waals surface area contributed by atoms with Crippen molar-refractivity contribution in [1.82, 2.24) is 10.2 Å². The highest BCUT2D eigenvalue weighted by atomic mass is 19.4. The smallest absolute Gasteiger partial charge is 0.312 e. The first-order valence-electron chi connectivity index (χ1n) is 6.37. The maximum atomic E-state index is 12.5. The summed E-state index contributed by atoms with van der Waals surface area (Å²) in [6, 6.07) is 0.172. The van der Waals surface area contributed by atoms with Crippen LogP contribution in [0.4, 0.5) is 13.2 Å². The van der Waals surface area contributed by atoms with E-state index in [1.54, 1.807) is 4.90 Å². The zero-order valence-corrected chi connectivity index (χ0v) is 10.8. The van der Waals surface area contributed by atoms with Crippen molar-refractivity contribution in [3.8, 4) is 0 Å². The molecule has 1 N–H and O–H groups in total. The first kappa shape index (κ1) is 14.8. The zero-order chi connectivity index (χ0) is 13.1. The molecule has 102 valence electrons. The summed E-state index contributed by atoms with van der Waals surface area (Å²) in [5, 5.41) is 3.37. The van der Waals surface area contributed by atoms with E-state index in [1.807, 2.05) is 6.92 Å². The Morgan fingerprint density at radius 2 is 2.06 bits per heavy atom. The minimum absolute atomic E-state index is 0.00168. The van der Waals surface area contributed by atoms with E-state index in [-0.39, 0.29) is 12.1 Å². The van der Waals surface area contributed by atoms with Crippen LogP contribution in [0.2, 0.25) is 0 Å². The second-order valence-electron chi connectivity index (χ2n) is 5.13. The van der Waals surface area contributed by atoms with Crippen molar-refractivity contribution in [2.75, 3.05) is 19.6 Å². The Bertz CT molecular complexity index is 230. The minimum atomic E-state index is -4.10. The summed E-state index contributed by atoms with van der Waals surface area (Å²) < 4.78 is 37.5. The van der Waals surface area contributed by atoms with Gasteiger partial charge in [0.2, 0.25) is 0 Å². The van der Waals surface area contributed by atoms with Gasteiger partial charge in [0.05, 0.1) is 6.54 Å². The lowest BCUT2D eigenvalue weighted by Crippen LogP contribution is -2.46. The summed E-state index contributed by atoms with van der Waals surface area (Å²) in [4.78, 5) is 1.57. The number of hydrogen-bond donors (Lipinski definition) is 1. The fourth-order valence-corrected chi connectivity index (χ4v) is 2.27. The third-order valence-corrected chi connectivity index (χ3v) is 3.74. The number of hydrogen-bond acceptors (Lipinski definition) is 2. The Morgan fingerprint density at radius 1 is 1.41 bits per heavy atom. The van der Waals surface area contributed by atoms with Crippen LogP contribution in [-0.2, 0) is 0 Å². The molecule has 5 heteroatoms. The lowest BCUT2D eigenvalue weighted by atomic mass is 9.99. The Morgan fingerprint density at radius 3 is 2.59 bits per heavy atom. The van der Waals surface area contributed by atoms with E-state index < -0.39 is 12.7 Å². The normalized spacial score (nSPS) is 30.0. The van der Waals surface area contributed by atoms with Crippen LogP contribution in [0.25, 0.3) is 0 Å². The standard InChI is InChI=1S/C12H23F3N2/c1-4-9(2)11-7-17(8-12(13,14)15)10(3)5-6-16-11/h9-11,16H,4-8H2,1-3H3. The van der Waals surface area contributed by atoms with E-state index in [2.05, 4.69) is 19.2 Å². The first-order valence-corrected chi connectivity index (χ1v) is 6.37. The molecule has 0 amide bonds. The maximum absolute atomic E-state index is 12.5. The monoisotopic (exact) mass is 252 g/mol. The van der Waals surface area contributed by atoms with Gasteiger partial charge in [-0.3, -0.25) is 4.90 Å². The molecule has 0 saturated carbocycles. The molecule has 1 heterocycles. The van der Waals surface area contributed by atoms with Gasteiger partial charge < -0.3 is 5.32 Å². The molecule has 0 aromatic carbocycles. The van der Waals surface area contributed by atoms with Crippen molar-refractivity contribution in [2.45, 2.75) is 51.9 Å². The van der Waals surface area contributed by atoms with Crippen LogP contribution in [0, 0.1) is 5.92 Å². The van der Waals surface area contributed by atoms with Crippen LogP contribution >= 0.6 is 0 Å². The second kappa shape index (κ2) is 6.05. The Kier molecular flexibility index (Phi) is 5.25. The molecule has 3 unspecified atom stereocenters. The molecule has 1 saturated heterocycles. The van der Waals surface area contributed by atoms with Gasteiger partial charge in [-0.25, -0.2) is 0 Å². The van der Waals surface area contributed by atoms with Crippen LogP contribution in [-0.4, -0.2) is 42.8 Å². The maximum Gasteiger partial charge on any atom is 0.401 e. The number of halogens is 3. The molecule has 0 aromatic heterocycles. The molecule has 0 spiro atoms. The van der Waals surface area contributed by atoms with E-state index in [9.17, 15) is 13.2 Å². The number of alkyl halides is 3. The van der Waals surface area contributed by atoms with Crippen LogP contribution in [0.1, 0.15) is 33.6 Å². The quantitative estimate of drug-likeness (QED) is 0.830. The topological polar surface area (TPSA) is 15.3 Å². The largest absolute Gasteiger partial charge is 0.401 e. The molecule has 1 fully saturated rings. The van der Waals surface area contributed by atoms with E-state index in [1.165, 1.54) is 0 Å². The highest BCUT2D eigenvalue weighted by Crippen LogP contribution is 2.22. The minimum Gasteiger partial charge on any atom is -0.312 e. The van der Waals surface area contributed by atoms with E-state index in [0.29, 0.717) is 12.5 Å². The summed E-state index contributed by atoms with van der Waals surface area (Å²) in [5.41, 5.74) is 0. The summed E-state index contributed by atoms with van der Waals surface area (Å²) >= 11 is 0. The van der Waals surface area contributed by atoms with Gasteiger partial charge in [0.25, 0.3) is 0 Å². The number of nitrogens with zero attached hydrogens (tertiary/aromatic N) is 1. The van der Waals surface area contributed by atoms with Gasteiger partial charge in [0, 0.05) is 18.6 Å². The summed E-state index contributed by atoms with van der Waals surface area (Å²) in [6.07, 6.45) is -2.33. The zero-order valence-electron chi connectivity index (χ0n) is 10.8. The predicted octanol–water partition coefficient (Wildman–Crippen LogP) is 2.65. The second-order valence-corrected chi connectivity index (χ2v) is 5.13. The van der Waals surface area contributed by atoms with Crippen molar-refractivity contribution in [1.29, 1.82) is 0 Å². The molecule has 0 aliphatic carbocycles. The molecular weight excluding hydrogens is 229 g/mol. The van der Waals surface area contributed by atoms with E-state index >= 15 is 0 Å². The molecule has 1 aliphatic heterocycles. The van der Waals surface area contributed by atoms with Gasteiger partial charge in [-0.2, -0.15) is 13.2 Å². The van der Waals surface area contributed by atoms with E-state index in [4.69, 9.17) is 0 Å². The average molecular weight is 252 g/mol. The van der Waals surface area contributed by atoms with Gasteiger partial charge in [-0.1, -0.05) is 20.3 Å². The van der Waals surface area contributed by atoms with Gasteiger partial charge in [-0.15, -0.1) is 0 Å². The van der Waals surface area contributed by atoms with Crippen LogP contribution in [0.5, 0.6) is 0 Å². The highest BCUT2D eigenvalue weighted by Gasteiger charge is 2.35. The molecule has 1 aliphatic rings. The third-order valence-electron chi connectivity index (χ3n) is 3.74. The van der Waals surface area contributed by atoms with Crippen LogP contribution in [0.3, 0.4) is 0 Å². The van der Waals surface area contributed by atoms with Crippen molar-refractivity contribution in [3.05, 3.63) is 0 Å². The van der Waals surface area contributed by atoms with Crippen LogP contribution < -0.4 is 5.32 Å². The van der Waals surface area contributed by atoms with Crippen LogP contribution in [0.15, 0.2) is 0 Å². The van der Waals surface area contributed by atoms with Crippen molar-refractivity contribution >= 4 is 0 Å². The van der Waals surface area contributed by atoms with Gasteiger partial charge >= 0.3 is 6.18 Å². The Balaban J connectivity index is 2.65. The van der Waals surface area contributed by atoms with Gasteiger partial charge in [0.1, 0.15) is 0 Å². The van der Waals surface area contributed by atoms with Gasteiger partial charge in [0.15, 0.2) is 0 Å². The molecular formula is C12H23F3N2. The van der Waals surface area contributed by atoms with E-state index in [0.717, 1.165) is 19.4 Å². The summed E-state index contributed by atoms with van der Waals surface area (Å²) in [7, 11) is 0. The molecule has 3 atom stereocenters. The SMILES string of the molecule is CCC(C)C1CN(CC(F)(F)F)C(C)CCN1. The highest BCUT2D eigenvalue weighted by molar-refractivity contribution is 4.84. The lowest BCUT2D eigenvalue weighted by Gasteiger charge is -2.31. The summed E-state index contributed by atoms with van der Waals surface area (Å²) in [6.45, 7) is 6.57. The molecule has 1 rings (SSSR count). The fourth-order valence-electron chi connectivity index (χ4n) is 2.27. The van der Waals surface area contributed by atoms with Gasteiger partial charge in [-0.05, 0) is 25.8 Å². The fraction of sp³-hybridized carbons (Fsp3) is 1.00. The first-order chi connectivity index (χ1) is 7.83. The molecule has 2 nitrogen and oxygen atoms in total. The van der Waals surface area contributed by atoms with Crippen molar-refractivity contribution in [2.24, 2.45) is 5.92 Å². The van der Waals surface area contributed by atoms with Crippen molar-refractivity contribution in [3.63, 3.8) is 0 Å². The summed E-state index contributed by atoms with van der Waals surface area (Å²) in [5.74, 6) is 0.413. The van der Waals surface area contributed by atoms with Crippen molar-refractivity contribution < 1.29 is 13.2 Å².